The van der Waals surface area contributed by atoms with E-state index in [0.29, 0.717) is 5.69 Å². The molecule has 0 saturated carbocycles. The van der Waals surface area contributed by atoms with Crippen molar-refractivity contribution in [3.05, 3.63) is 52.6 Å². The largest absolute Gasteiger partial charge is 0.451 e. The van der Waals surface area contributed by atoms with Crippen molar-refractivity contribution >= 4 is 17.3 Å². The molecule has 0 saturated heterocycles. The molecule has 0 amide bonds. The van der Waals surface area contributed by atoms with E-state index in [-0.39, 0.29) is 16.3 Å². The molecule has 0 aliphatic heterocycles. The minimum Gasteiger partial charge on any atom is -0.451 e. The molecule has 0 spiro atoms. The van der Waals surface area contributed by atoms with Crippen LogP contribution in [-0.2, 0) is 0 Å². The number of hydrogen-bond acceptors (Lipinski definition) is 3. The van der Waals surface area contributed by atoms with E-state index in [9.17, 15) is 8.78 Å². The average molecular weight is 281 g/mol. The number of nitrogen functional groups attached to an aromatic ring is 1. The minimum absolute atomic E-state index is 0.127. The molecule has 0 aromatic heterocycles. The van der Waals surface area contributed by atoms with E-state index in [2.05, 4.69) is 0 Å². The molecule has 0 fully saturated rings. The van der Waals surface area contributed by atoms with Crippen LogP contribution < -0.4 is 10.5 Å². The van der Waals surface area contributed by atoms with Crippen molar-refractivity contribution in [2.75, 3.05) is 5.73 Å². The van der Waals surface area contributed by atoms with Crippen LogP contribution in [0.5, 0.6) is 11.5 Å². The van der Waals surface area contributed by atoms with Gasteiger partial charge in [-0.2, -0.15) is 5.26 Å². The molecular formula is C13H7ClF2N2O. The number of nitriles is 1. The van der Waals surface area contributed by atoms with Crippen molar-refractivity contribution in [3.8, 4) is 17.6 Å². The van der Waals surface area contributed by atoms with Gasteiger partial charge in [0.2, 0.25) is 0 Å². The van der Waals surface area contributed by atoms with Gasteiger partial charge in [0.1, 0.15) is 5.75 Å². The van der Waals surface area contributed by atoms with Crippen molar-refractivity contribution in [2.24, 2.45) is 0 Å². The normalized spacial score (nSPS) is 10.0. The Morgan fingerprint density at radius 1 is 1.16 bits per heavy atom. The number of rotatable bonds is 2. The standard InChI is InChI=1S/C13H7ClF2N2O/c14-9-5-8(1-2-12(9)18)19-13-10(15)3-7(6-17)4-11(13)16/h1-5H,18H2. The summed E-state index contributed by atoms with van der Waals surface area (Å²) in [6, 6.07) is 7.64. The summed E-state index contributed by atoms with van der Waals surface area (Å²) in [6.45, 7) is 0. The third kappa shape index (κ3) is 2.75. The Morgan fingerprint density at radius 2 is 1.79 bits per heavy atom. The molecule has 6 heteroatoms. The summed E-state index contributed by atoms with van der Waals surface area (Å²) in [5.41, 5.74) is 5.71. The van der Waals surface area contributed by atoms with E-state index in [1.807, 2.05) is 0 Å². The van der Waals surface area contributed by atoms with E-state index < -0.39 is 17.4 Å². The summed E-state index contributed by atoms with van der Waals surface area (Å²) >= 11 is 5.77. The number of benzene rings is 2. The van der Waals surface area contributed by atoms with Crippen molar-refractivity contribution in [1.29, 1.82) is 5.26 Å². The van der Waals surface area contributed by atoms with Gasteiger partial charge in [0.05, 0.1) is 22.3 Å². The van der Waals surface area contributed by atoms with Crippen molar-refractivity contribution in [3.63, 3.8) is 0 Å². The molecule has 0 aliphatic rings. The van der Waals surface area contributed by atoms with Gasteiger partial charge in [-0.15, -0.1) is 0 Å². The Kier molecular flexibility index (Phi) is 3.54. The predicted molar refractivity (Wildman–Crippen MR) is 67.0 cm³/mol. The van der Waals surface area contributed by atoms with E-state index >= 15 is 0 Å². The number of anilines is 1. The molecule has 0 unspecified atom stereocenters. The van der Waals surface area contributed by atoms with Gasteiger partial charge in [0.15, 0.2) is 17.4 Å². The molecule has 96 valence electrons. The molecular weight excluding hydrogens is 274 g/mol. The summed E-state index contributed by atoms with van der Waals surface area (Å²) < 4.78 is 32.3. The van der Waals surface area contributed by atoms with Crippen LogP contribution in [0.4, 0.5) is 14.5 Å². The van der Waals surface area contributed by atoms with Crippen molar-refractivity contribution in [1.82, 2.24) is 0 Å². The molecule has 3 nitrogen and oxygen atoms in total. The molecule has 2 aromatic carbocycles. The smallest absolute Gasteiger partial charge is 0.198 e. The monoisotopic (exact) mass is 280 g/mol. The van der Waals surface area contributed by atoms with Crippen LogP contribution in [0.2, 0.25) is 5.02 Å². The first kappa shape index (κ1) is 13.1. The second-order valence-corrected chi connectivity index (χ2v) is 4.07. The molecule has 0 atom stereocenters. The Morgan fingerprint density at radius 3 is 2.32 bits per heavy atom. The topological polar surface area (TPSA) is 59.0 Å². The lowest BCUT2D eigenvalue weighted by molar-refractivity contribution is 0.407. The van der Waals surface area contributed by atoms with Gasteiger partial charge < -0.3 is 10.5 Å². The van der Waals surface area contributed by atoms with Gasteiger partial charge in [-0.25, -0.2) is 8.78 Å². The van der Waals surface area contributed by atoms with Gasteiger partial charge >= 0.3 is 0 Å². The third-order valence-corrected chi connectivity index (χ3v) is 2.65. The van der Waals surface area contributed by atoms with Gasteiger partial charge in [-0.05, 0) is 24.3 Å². The fourth-order valence-electron chi connectivity index (χ4n) is 1.41. The van der Waals surface area contributed by atoms with Crippen LogP contribution in [0.15, 0.2) is 30.3 Å². The molecule has 2 aromatic rings. The fourth-order valence-corrected chi connectivity index (χ4v) is 1.58. The summed E-state index contributed by atoms with van der Waals surface area (Å²) in [6.07, 6.45) is 0. The highest BCUT2D eigenvalue weighted by atomic mass is 35.5. The number of nitrogens with two attached hydrogens (primary N) is 1. The van der Waals surface area contributed by atoms with Crippen molar-refractivity contribution in [2.45, 2.75) is 0 Å². The second-order valence-electron chi connectivity index (χ2n) is 3.67. The van der Waals surface area contributed by atoms with Crippen molar-refractivity contribution < 1.29 is 13.5 Å². The lowest BCUT2D eigenvalue weighted by Gasteiger charge is -2.09. The predicted octanol–water partition coefficient (Wildman–Crippen LogP) is 3.86. The summed E-state index contributed by atoms with van der Waals surface area (Å²) in [7, 11) is 0. The molecule has 19 heavy (non-hydrogen) atoms. The minimum atomic E-state index is -0.968. The highest BCUT2D eigenvalue weighted by Gasteiger charge is 2.14. The van der Waals surface area contributed by atoms with E-state index in [1.165, 1.54) is 18.2 Å². The van der Waals surface area contributed by atoms with Crippen LogP contribution in [0.3, 0.4) is 0 Å². The number of hydrogen-bond donors (Lipinski definition) is 1. The van der Waals surface area contributed by atoms with Gasteiger partial charge in [-0.1, -0.05) is 11.6 Å². The Balaban J connectivity index is 2.38. The zero-order valence-electron chi connectivity index (χ0n) is 9.45. The number of halogens is 3. The average Bonchev–Trinajstić information content (AvgIpc) is 2.37. The van der Waals surface area contributed by atoms with Crippen LogP contribution in [-0.4, -0.2) is 0 Å². The maximum absolute atomic E-state index is 13.6. The van der Waals surface area contributed by atoms with Crippen LogP contribution in [0.25, 0.3) is 0 Å². The maximum Gasteiger partial charge on any atom is 0.198 e. The lowest BCUT2D eigenvalue weighted by Crippen LogP contribution is -1.95. The molecule has 0 heterocycles. The highest BCUT2D eigenvalue weighted by molar-refractivity contribution is 6.33. The highest BCUT2D eigenvalue weighted by Crippen LogP contribution is 2.31. The Bertz CT molecular complexity index is 660. The van der Waals surface area contributed by atoms with Crippen LogP contribution in [0.1, 0.15) is 5.56 Å². The Hall–Kier alpha value is -2.32. The number of ether oxygens (including phenoxy) is 1. The van der Waals surface area contributed by atoms with Gasteiger partial charge in [-0.3, -0.25) is 0 Å². The molecule has 0 radical (unpaired) electrons. The lowest BCUT2D eigenvalue weighted by atomic mass is 10.2. The first-order valence-corrected chi connectivity index (χ1v) is 5.51. The van der Waals surface area contributed by atoms with Gasteiger partial charge in [0, 0.05) is 6.07 Å². The van der Waals surface area contributed by atoms with Crippen LogP contribution >= 0.6 is 11.6 Å². The van der Waals surface area contributed by atoms with E-state index in [4.69, 9.17) is 27.3 Å². The molecule has 2 rings (SSSR count). The van der Waals surface area contributed by atoms with E-state index in [0.717, 1.165) is 12.1 Å². The zero-order valence-corrected chi connectivity index (χ0v) is 10.2. The zero-order chi connectivity index (χ0) is 14.0. The second kappa shape index (κ2) is 5.12. The molecule has 0 bridgehead atoms. The summed E-state index contributed by atoms with van der Waals surface area (Å²) in [5, 5.41) is 8.79. The summed E-state index contributed by atoms with van der Waals surface area (Å²) in [4.78, 5) is 0. The molecule has 0 aliphatic carbocycles. The van der Waals surface area contributed by atoms with Crippen LogP contribution in [0, 0.1) is 23.0 Å². The van der Waals surface area contributed by atoms with E-state index in [1.54, 1.807) is 6.07 Å². The maximum atomic E-state index is 13.6. The first-order chi connectivity index (χ1) is 9.01. The first-order valence-electron chi connectivity index (χ1n) is 5.13. The number of nitrogens with zero attached hydrogens (tertiary/aromatic N) is 1. The molecule has 2 N–H and O–H groups in total. The third-order valence-electron chi connectivity index (χ3n) is 2.32. The van der Waals surface area contributed by atoms with Gasteiger partial charge in [0.25, 0.3) is 0 Å². The SMILES string of the molecule is N#Cc1cc(F)c(Oc2ccc(N)c(Cl)c2)c(F)c1. The quantitative estimate of drug-likeness (QED) is 0.850. The Labute approximate surface area is 112 Å². The summed E-state index contributed by atoms with van der Waals surface area (Å²) in [5.74, 6) is -2.39. The fraction of sp³-hybridized carbons (Fsp3) is 0.